The SMILES string of the molecule is O=C(Nc1ccccc1)c1ccn(COc2ccc(Br)cc2)n1. The number of aromatic nitrogens is 2. The van der Waals surface area contributed by atoms with Crippen molar-refractivity contribution in [2.24, 2.45) is 0 Å². The third kappa shape index (κ3) is 4.20. The van der Waals surface area contributed by atoms with Crippen LogP contribution in [-0.2, 0) is 6.73 Å². The van der Waals surface area contributed by atoms with E-state index in [2.05, 4.69) is 26.3 Å². The Bertz CT molecular complexity index is 785. The van der Waals surface area contributed by atoms with E-state index >= 15 is 0 Å². The van der Waals surface area contributed by atoms with E-state index in [1.54, 1.807) is 16.9 Å². The van der Waals surface area contributed by atoms with E-state index in [0.717, 1.165) is 15.9 Å². The largest absolute Gasteiger partial charge is 0.471 e. The first-order valence-electron chi connectivity index (χ1n) is 6.99. The average molecular weight is 372 g/mol. The quantitative estimate of drug-likeness (QED) is 0.738. The molecule has 0 bridgehead atoms. The number of nitrogens with zero attached hydrogens (tertiary/aromatic N) is 2. The summed E-state index contributed by atoms with van der Waals surface area (Å²) >= 11 is 3.37. The third-order valence-electron chi connectivity index (χ3n) is 3.08. The average Bonchev–Trinajstić information content (AvgIpc) is 3.04. The van der Waals surface area contributed by atoms with Gasteiger partial charge in [-0.2, -0.15) is 5.10 Å². The molecule has 1 amide bonds. The second-order valence-corrected chi connectivity index (χ2v) is 5.70. The van der Waals surface area contributed by atoms with Crippen LogP contribution in [0.4, 0.5) is 5.69 Å². The van der Waals surface area contributed by atoms with Crippen molar-refractivity contribution < 1.29 is 9.53 Å². The molecule has 1 N–H and O–H groups in total. The summed E-state index contributed by atoms with van der Waals surface area (Å²) in [5, 5.41) is 7.00. The Hall–Kier alpha value is -2.60. The van der Waals surface area contributed by atoms with Crippen molar-refractivity contribution in [3.63, 3.8) is 0 Å². The van der Waals surface area contributed by atoms with Crippen LogP contribution < -0.4 is 10.1 Å². The van der Waals surface area contributed by atoms with Crippen LogP contribution in [0.1, 0.15) is 10.5 Å². The minimum Gasteiger partial charge on any atom is -0.471 e. The third-order valence-corrected chi connectivity index (χ3v) is 3.61. The van der Waals surface area contributed by atoms with E-state index in [0.29, 0.717) is 5.69 Å². The number of halogens is 1. The van der Waals surface area contributed by atoms with Crippen LogP contribution in [0.5, 0.6) is 5.75 Å². The van der Waals surface area contributed by atoms with Crippen LogP contribution in [0.25, 0.3) is 0 Å². The van der Waals surface area contributed by atoms with Crippen LogP contribution >= 0.6 is 15.9 Å². The topological polar surface area (TPSA) is 56.2 Å². The molecule has 0 atom stereocenters. The summed E-state index contributed by atoms with van der Waals surface area (Å²) in [5.74, 6) is 0.484. The Kier molecular flexibility index (Phi) is 4.73. The maximum absolute atomic E-state index is 12.1. The molecule has 0 saturated heterocycles. The van der Waals surface area contributed by atoms with Crippen molar-refractivity contribution in [1.82, 2.24) is 9.78 Å². The number of carbonyl (C=O) groups is 1. The molecule has 0 fully saturated rings. The molecular weight excluding hydrogens is 358 g/mol. The molecule has 0 aliphatic heterocycles. The first-order chi connectivity index (χ1) is 11.2. The van der Waals surface area contributed by atoms with Gasteiger partial charge in [-0.3, -0.25) is 4.79 Å². The van der Waals surface area contributed by atoms with Crippen molar-refractivity contribution in [3.8, 4) is 5.75 Å². The van der Waals surface area contributed by atoms with Crippen LogP contribution in [0.15, 0.2) is 71.3 Å². The Morgan fingerprint density at radius 2 is 1.83 bits per heavy atom. The highest BCUT2D eigenvalue weighted by molar-refractivity contribution is 9.10. The number of benzene rings is 2. The molecule has 0 radical (unpaired) electrons. The summed E-state index contributed by atoms with van der Waals surface area (Å²) in [6, 6.07) is 18.4. The van der Waals surface area contributed by atoms with Crippen LogP contribution in [0.3, 0.4) is 0 Å². The number of carbonyl (C=O) groups excluding carboxylic acids is 1. The molecule has 0 aliphatic carbocycles. The molecule has 23 heavy (non-hydrogen) atoms. The summed E-state index contributed by atoms with van der Waals surface area (Å²) in [4.78, 5) is 12.1. The van der Waals surface area contributed by atoms with E-state index in [1.165, 1.54) is 0 Å². The monoisotopic (exact) mass is 371 g/mol. The van der Waals surface area contributed by atoms with Gasteiger partial charge in [-0.1, -0.05) is 34.1 Å². The predicted octanol–water partition coefficient (Wildman–Crippen LogP) is 3.93. The number of para-hydroxylation sites is 1. The zero-order valence-electron chi connectivity index (χ0n) is 12.1. The van der Waals surface area contributed by atoms with Gasteiger partial charge < -0.3 is 10.1 Å². The second kappa shape index (κ2) is 7.11. The molecule has 0 saturated carbocycles. The highest BCUT2D eigenvalue weighted by Crippen LogP contribution is 2.16. The van der Waals surface area contributed by atoms with Crippen molar-refractivity contribution in [1.29, 1.82) is 0 Å². The molecule has 3 rings (SSSR count). The summed E-state index contributed by atoms with van der Waals surface area (Å²) in [6.07, 6.45) is 1.71. The number of hydrogen-bond donors (Lipinski definition) is 1. The molecule has 0 spiro atoms. The van der Waals surface area contributed by atoms with Crippen molar-refractivity contribution in [2.45, 2.75) is 6.73 Å². The van der Waals surface area contributed by atoms with E-state index in [1.807, 2.05) is 54.6 Å². The Labute approximate surface area is 142 Å². The molecule has 1 heterocycles. The Morgan fingerprint density at radius 3 is 2.57 bits per heavy atom. The lowest BCUT2D eigenvalue weighted by atomic mass is 10.3. The molecule has 6 heteroatoms. The molecule has 0 aliphatic rings. The smallest absolute Gasteiger partial charge is 0.276 e. The molecule has 116 valence electrons. The number of hydrogen-bond acceptors (Lipinski definition) is 3. The van der Waals surface area contributed by atoms with Gasteiger partial charge in [0.25, 0.3) is 5.91 Å². The number of amides is 1. The highest BCUT2D eigenvalue weighted by Gasteiger charge is 2.09. The molecule has 1 aromatic heterocycles. The minimum absolute atomic E-state index is 0.236. The van der Waals surface area contributed by atoms with Gasteiger partial charge in [-0.05, 0) is 42.5 Å². The van der Waals surface area contributed by atoms with Crippen molar-refractivity contribution in [3.05, 3.63) is 77.0 Å². The fourth-order valence-corrected chi connectivity index (χ4v) is 2.21. The van der Waals surface area contributed by atoms with Gasteiger partial charge in [0.05, 0.1) is 0 Å². The summed E-state index contributed by atoms with van der Waals surface area (Å²) < 4.78 is 8.17. The van der Waals surface area contributed by atoms with Gasteiger partial charge in [0.2, 0.25) is 0 Å². The number of rotatable bonds is 5. The standard InChI is InChI=1S/C17H14BrN3O2/c18-13-6-8-15(9-7-13)23-12-21-11-10-16(20-21)17(22)19-14-4-2-1-3-5-14/h1-11H,12H2,(H,19,22). The maximum Gasteiger partial charge on any atom is 0.276 e. The lowest BCUT2D eigenvalue weighted by molar-refractivity contribution is 0.102. The van der Waals surface area contributed by atoms with Crippen LogP contribution in [0, 0.1) is 0 Å². The van der Waals surface area contributed by atoms with Gasteiger partial charge in [0.1, 0.15) is 5.75 Å². The lowest BCUT2D eigenvalue weighted by Crippen LogP contribution is -2.14. The van der Waals surface area contributed by atoms with E-state index < -0.39 is 0 Å². The molecule has 5 nitrogen and oxygen atoms in total. The normalized spacial score (nSPS) is 10.3. The summed E-state index contributed by atoms with van der Waals surface area (Å²) in [7, 11) is 0. The van der Waals surface area contributed by atoms with E-state index in [9.17, 15) is 4.79 Å². The maximum atomic E-state index is 12.1. The van der Waals surface area contributed by atoms with Gasteiger partial charge in [-0.15, -0.1) is 0 Å². The van der Waals surface area contributed by atoms with Crippen LogP contribution in [0.2, 0.25) is 0 Å². The van der Waals surface area contributed by atoms with Gasteiger partial charge in [0, 0.05) is 16.4 Å². The van der Waals surface area contributed by atoms with E-state index in [4.69, 9.17) is 4.74 Å². The zero-order chi connectivity index (χ0) is 16.1. The fourth-order valence-electron chi connectivity index (χ4n) is 1.94. The molecule has 3 aromatic rings. The van der Waals surface area contributed by atoms with Gasteiger partial charge in [-0.25, -0.2) is 4.68 Å². The summed E-state index contributed by atoms with van der Waals surface area (Å²) in [6.45, 7) is 0.236. The van der Waals surface area contributed by atoms with Crippen molar-refractivity contribution >= 4 is 27.5 Å². The van der Waals surface area contributed by atoms with Gasteiger partial charge in [0.15, 0.2) is 12.4 Å². The zero-order valence-corrected chi connectivity index (χ0v) is 13.7. The van der Waals surface area contributed by atoms with Crippen LogP contribution in [-0.4, -0.2) is 15.7 Å². The first-order valence-corrected chi connectivity index (χ1v) is 7.78. The second-order valence-electron chi connectivity index (χ2n) is 4.79. The highest BCUT2D eigenvalue weighted by atomic mass is 79.9. The number of nitrogens with one attached hydrogen (secondary N) is 1. The molecule has 0 unspecified atom stereocenters. The van der Waals surface area contributed by atoms with Gasteiger partial charge >= 0.3 is 0 Å². The summed E-state index contributed by atoms with van der Waals surface area (Å²) in [5.41, 5.74) is 1.08. The minimum atomic E-state index is -0.251. The number of ether oxygens (including phenoxy) is 1. The molecular formula is C17H14BrN3O2. The van der Waals surface area contributed by atoms with E-state index in [-0.39, 0.29) is 12.6 Å². The Morgan fingerprint density at radius 1 is 1.09 bits per heavy atom. The first kappa shape index (κ1) is 15.3. The van der Waals surface area contributed by atoms with Crippen molar-refractivity contribution in [2.75, 3.05) is 5.32 Å². The predicted molar refractivity (Wildman–Crippen MR) is 91.4 cm³/mol. The Balaban J connectivity index is 1.59. The lowest BCUT2D eigenvalue weighted by Gasteiger charge is -2.06. The number of anilines is 1. The fraction of sp³-hybridized carbons (Fsp3) is 0.0588. The molecule has 2 aromatic carbocycles.